The predicted molar refractivity (Wildman–Crippen MR) is 133 cm³/mol. The summed E-state index contributed by atoms with van der Waals surface area (Å²) in [6, 6.07) is 22.4. The summed E-state index contributed by atoms with van der Waals surface area (Å²) < 4.78 is 2.12. The van der Waals surface area contributed by atoms with Gasteiger partial charge in [-0.25, -0.2) is 4.98 Å². The molecule has 0 saturated carbocycles. The second-order valence-electron chi connectivity index (χ2n) is 8.67. The van der Waals surface area contributed by atoms with Crippen molar-refractivity contribution in [2.75, 3.05) is 5.32 Å². The van der Waals surface area contributed by atoms with Gasteiger partial charge in [-0.15, -0.1) is 11.3 Å². The molecule has 1 N–H and O–H groups in total. The number of carbonyl (C=O) groups is 1. The van der Waals surface area contributed by atoms with Crippen molar-refractivity contribution in [2.45, 2.75) is 43.2 Å². The molecule has 3 aromatic carbocycles. The maximum Gasteiger partial charge on any atom is 0.255 e. The molecular weight excluding hydrogens is 420 g/mol. The number of nitrogens with one attached hydrogen (secondary N) is 1. The molecule has 0 saturated heterocycles. The lowest BCUT2D eigenvalue weighted by molar-refractivity contribution is 0.102. The zero-order valence-corrected chi connectivity index (χ0v) is 19.9. The second kappa shape index (κ2) is 8.85. The van der Waals surface area contributed by atoms with Gasteiger partial charge in [0.2, 0.25) is 0 Å². The SMILES string of the molecule is Cc1ccccc1C(=O)Nc1ccc2nc(SCc3ccc(C(C)(C)C)cc3)sc2c1. The maximum atomic E-state index is 12.6. The zero-order valence-electron chi connectivity index (χ0n) is 18.2. The molecule has 0 unspecified atom stereocenters. The van der Waals surface area contributed by atoms with E-state index in [9.17, 15) is 4.79 Å². The van der Waals surface area contributed by atoms with E-state index in [0.717, 1.165) is 31.6 Å². The standard InChI is InChI=1S/C26H26N2OS2/c1-17-7-5-6-8-21(17)24(29)27-20-13-14-22-23(15-20)31-25(28-22)30-16-18-9-11-19(12-10-18)26(2,3)4/h5-15H,16H2,1-4H3,(H,27,29). The number of aryl methyl sites for hydroxylation is 1. The number of hydrogen-bond acceptors (Lipinski definition) is 4. The van der Waals surface area contributed by atoms with Crippen molar-refractivity contribution in [2.24, 2.45) is 0 Å². The number of nitrogens with zero attached hydrogens (tertiary/aromatic N) is 1. The third kappa shape index (κ3) is 5.17. The van der Waals surface area contributed by atoms with Crippen LogP contribution in [0.1, 0.15) is 47.8 Å². The van der Waals surface area contributed by atoms with Crippen LogP contribution in [0.4, 0.5) is 5.69 Å². The number of thiazole rings is 1. The number of fused-ring (bicyclic) bond motifs is 1. The first-order chi connectivity index (χ1) is 14.8. The molecule has 4 aromatic rings. The van der Waals surface area contributed by atoms with Crippen LogP contribution in [-0.4, -0.2) is 10.9 Å². The Morgan fingerprint density at radius 1 is 1.03 bits per heavy atom. The minimum atomic E-state index is -0.0877. The first-order valence-electron chi connectivity index (χ1n) is 10.3. The van der Waals surface area contributed by atoms with E-state index in [2.05, 4.69) is 50.4 Å². The van der Waals surface area contributed by atoms with Crippen molar-refractivity contribution in [1.82, 2.24) is 4.98 Å². The number of hydrogen-bond donors (Lipinski definition) is 1. The first kappa shape index (κ1) is 21.6. The Morgan fingerprint density at radius 2 is 1.77 bits per heavy atom. The quantitative estimate of drug-likeness (QED) is 0.324. The monoisotopic (exact) mass is 446 g/mol. The van der Waals surface area contributed by atoms with Gasteiger partial charge in [-0.1, -0.05) is 75.0 Å². The van der Waals surface area contributed by atoms with Gasteiger partial charge in [-0.05, 0) is 53.3 Å². The molecule has 0 radical (unpaired) electrons. The fourth-order valence-corrected chi connectivity index (χ4v) is 5.38. The lowest BCUT2D eigenvalue weighted by Gasteiger charge is -2.19. The second-order valence-corrected chi connectivity index (χ2v) is 10.9. The molecule has 0 spiro atoms. The Kier molecular flexibility index (Phi) is 6.17. The molecule has 1 amide bonds. The molecule has 0 atom stereocenters. The van der Waals surface area contributed by atoms with E-state index in [1.165, 1.54) is 11.1 Å². The van der Waals surface area contributed by atoms with Gasteiger partial charge in [0.05, 0.1) is 10.2 Å². The molecule has 0 aliphatic carbocycles. The number of benzene rings is 3. The van der Waals surface area contributed by atoms with Gasteiger partial charge in [0, 0.05) is 17.0 Å². The van der Waals surface area contributed by atoms with Crippen molar-refractivity contribution in [1.29, 1.82) is 0 Å². The maximum absolute atomic E-state index is 12.6. The van der Waals surface area contributed by atoms with Crippen molar-refractivity contribution >= 4 is 44.9 Å². The summed E-state index contributed by atoms with van der Waals surface area (Å²) in [5, 5.41) is 3.01. The highest BCUT2D eigenvalue weighted by atomic mass is 32.2. The van der Waals surface area contributed by atoms with Crippen LogP contribution < -0.4 is 5.32 Å². The Hall–Kier alpha value is -2.63. The number of aromatic nitrogens is 1. The van der Waals surface area contributed by atoms with Crippen LogP contribution in [0.2, 0.25) is 0 Å². The molecule has 0 fully saturated rings. The Labute approximate surface area is 191 Å². The largest absolute Gasteiger partial charge is 0.322 e. The molecule has 5 heteroatoms. The van der Waals surface area contributed by atoms with E-state index in [1.54, 1.807) is 23.1 Å². The van der Waals surface area contributed by atoms with Crippen LogP contribution in [-0.2, 0) is 11.2 Å². The molecule has 0 aliphatic rings. The highest BCUT2D eigenvalue weighted by Crippen LogP contribution is 2.33. The van der Waals surface area contributed by atoms with E-state index in [1.807, 2.05) is 49.4 Å². The van der Waals surface area contributed by atoms with Crippen molar-refractivity contribution in [3.63, 3.8) is 0 Å². The van der Waals surface area contributed by atoms with E-state index in [0.29, 0.717) is 5.56 Å². The van der Waals surface area contributed by atoms with Crippen LogP contribution in [0.15, 0.2) is 71.1 Å². The molecule has 31 heavy (non-hydrogen) atoms. The third-order valence-electron chi connectivity index (χ3n) is 5.20. The number of amides is 1. The van der Waals surface area contributed by atoms with Crippen molar-refractivity contribution < 1.29 is 4.79 Å². The number of rotatable bonds is 5. The Morgan fingerprint density at radius 3 is 2.48 bits per heavy atom. The number of carbonyl (C=O) groups excluding carboxylic acids is 1. The van der Waals surface area contributed by atoms with Gasteiger partial charge in [0.15, 0.2) is 4.34 Å². The molecule has 1 aromatic heterocycles. The molecule has 158 valence electrons. The van der Waals surface area contributed by atoms with E-state index >= 15 is 0 Å². The summed E-state index contributed by atoms with van der Waals surface area (Å²) in [4.78, 5) is 17.3. The van der Waals surface area contributed by atoms with Gasteiger partial charge in [0.1, 0.15) is 0 Å². The minimum absolute atomic E-state index is 0.0877. The van der Waals surface area contributed by atoms with Gasteiger partial charge >= 0.3 is 0 Å². The van der Waals surface area contributed by atoms with Crippen molar-refractivity contribution in [3.8, 4) is 0 Å². The summed E-state index contributed by atoms with van der Waals surface area (Å²) in [5.74, 6) is 0.802. The Balaban J connectivity index is 1.44. The molecule has 0 bridgehead atoms. The molecule has 1 heterocycles. The van der Waals surface area contributed by atoms with Crippen molar-refractivity contribution in [3.05, 3.63) is 89.0 Å². The van der Waals surface area contributed by atoms with Gasteiger partial charge in [-0.2, -0.15) is 0 Å². The average Bonchev–Trinajstić information content (AvgIpc) is 3.14. The molecule has 3 nitrogen and oxygen atoms in total. The summed E-state index contributed by atoms with van der Waals surface area (Å²) in [6.45, 7) is 8.64. The summed E-state index contributed by atoms with van der Waals surface area (Å²) >= 11 is 3.42. The molecule has 0 aliphatic heterocycles. The van der Waals surface area contributed by atoms with Crippen LogP contribution in [0.5, 0.6) is 0 Å². The summed E-state index contributed by atoms with van der Waals surface area (Å²) in [7, 11) is 0. The van der Waals surface area contributed by atoms with Crippen LogP contribution >= 0.6 is 23.1 Å². The lowest BCUT2D eigenvalue weighted by Crippen LogP contribution is -2.13. The number of anilines is 1. The first-order valence-corrected chi connectivity index (χ1v) is 12.1. The zero-order chi connectivity index (χ0) is 22.0. The van der Waals surface area contributed by atoms with Gasteiger partial charge in [0.25, 0.3) is 5.91 Å². The number of thioether (sulfide) groups is 1. The van der Waals surface area contributed by atoms with Crippen LogP contribution in [0, 0.1) is 6.92 Å². The summed E-state index contributed by atoms with van der Waals surface area (Å²) in [6.07, 6.45) is 0. The topological polar surface area (TPSA) is 42.0 Å². The highest BCUT2D eigenvalue weighted by molar-refractivity contribution is 8.00. The molecule has 4 rings (SSSR count). The fraction of sp³-hybridized carbons (Fsp3) is 0.231. The van der Waals surface area contributed by atoms with Gasteiger partial charge < -0.3 is 5.32 Å². The average molecular weight is 447 g/mol. The lowest BCUT2D eigenvalue weighted by atomic mass is 9.87. The fourth-order valence-electron chi connectivity index (χ4n) is 3.32. The van der Waals surface area contributed by atoms with E-state index in [-0.39, 0.29) is 11.3 Å². The molecular formula is C26H26N2OS2. The van der Waals surface area contributed by atoms with Gasteiger partial charge in [-0.3, -0.25) is 4.79 Å². The Bertz CT molecular complexity index is 1220. The predicted octanol–water partition coefficient (Wildman–Crippen LogP) is 7.45. The van der Waals surface area contributed by atoms with E-state index in [4.69, 9.17) is 4.98 Å². The van der Waals surface area contributed by atoms with Crippen LogP contribution in [0.3, 0.4) is 0 Å². The van der Waals surface area contributed by atoms with E-state index < -0.39 is 0 Å². The summed E-state index contributed by atoms with van der Waals surface area (Å²) in [5.41, 5.74) is 6.23. The van der Waals surface area contributed by atoms with Crippen LogP contribution in [0.25, 0.3) is 10.2 Å². The minimum Gasteiger partial charge on any atom is -0.322 e. The highest BCUT2D eigenvalue weighted by Gasteiger charge is 2.13. The third-order valence-corrected chi connectivity index (χ3v) is 7.43. The normalized spacial score (nSPS) is 11.6. The smallest absolute Gasteiger partial charge is 0.255 e.